The second-order valence-corrected chi connectivity index (χ2v) is 5.01. The lowest BCUT2D eigenvalue weighted by Gasteiger charge is -2.11. The zero-order chi connectivity index (χ0) is 9.97. The quantitative estimate of drug-likeness (QED) is 0.860. The highest BCUT2D eigenvalue weighted by Crippen LogP contribution is 2.27. The second kappa shape index (κ2) is 4.11. The van der Waals surface area contributed by atoms with Crippen molar-refractivity contribution >= 4 is 27.8 Å². The Balaban J connectivity index is 2.10. The van der Waals surface area contributed by atoms with E-state index in [0.717, 1.165) is 5.13 Å². The number of rotatable bonds is 3. The Bertz CT molecular complexity index is 392. The number of hydrogen-bond donors (Lipinski definition) is 1. The van der Waals surface area contributed by atoms with Crippen molar-refractivity contribution in [3.63, 3.8) is 0 Å². The molecular formula is C10H12N2S2. The highest BCUT2D eigenvalue weighted by Gasteiger charge is 2.10. The standard InChI is InChI=1S/C10H12N2S2/c1-7-3-5-13-9(7)8(2)12-10-11-4-6-14-10/h3-6,8H,1-2H3,(H,11,12). The van der Waals surface area contributed by atoms with Crippen molar-refractivity contribution in [3.8, 4) is 0 Å². The van der Waals surface area contributed by atoms with Crippen LogP contribution in [0.3, 0.4) is 0 Å². The maximum atomic E-state index is 4.21. The Hall–Kier alpha value is -0.870. The Morgan fingerprint density at radius 2 is 2.21 bits per heavy atom. The van der Waals surface area contributed by atoms with Crippen LogP contribution in [0.1, 0.15) is 23.4 Å². The minimum absolute atomic E-state index is 0.348. The molecule has 2 rings (SSSR count). The smallest absolute Gasteiger partial charge is 0.183 e. The first-order chi connectivity index (χ1) is 6.77. The van der Waals surface area contributed by atoms with E-state index in [-0.39, 0.29) is 0 Å². The number of anilines is 1. The zero-order valence-corrected chi connectivity index (χ0v) is 9.78. The maximum absolute atomic E-state index is 4.21. The molecule has 1 N–H and O–H groups in total. The summed E-state index contributed by atoms with van der Waals surface area (Å²) in [5, 5.41) is 8.49. The van der Waals surface area contributed by atoms with Crippen LogP contribution >= 0.6 is 22.7 Å². The van der Waals surface area contributed by atoms with Crippen molar-refractivity contribution < 1.29 is 0 Å². The Labute approximate surface area is 91.6 Å². The van der Waals surface area contributed by atoms with Crippen LogP contribution in [0.2, 0.25) is 0 Å². The van der Waals surface area contributed by atoms with E-state index in [1.165, 1.54) is 10.4 Å². The van der Waals surface area contributed by atoms with Crippen LogP contribution in [0.25, 0.3) is 0 Å². The average Bonchev–Trinajstić information content (AvgIpc) is 2.75. The summed E-state index contributed by atoms with van der Waals surface area (Å²) in [7, 11) is 0. The van der Waals surface area contributed by atoms with Gasteiger partial charge in [-0.2, -0.15) is 0 Å². The van der Waals surface area contributed by atoms with E-state index in [1.54, 1.807) is 22.7 Å². The third kappa shape index (κ3) is 1.96. The normalized spacial score (nSPS) is 12.7. The van der Waals surface area contributed by atoms with Gasteiger partial charge in [0.05, 0.1) is 6.04 Å². The number of aromatic nitrogens is 1. The number of hydrogen-bond acceptors (Lipinski definition) is 4. The largest absolute Gasteiger partial charge is 0.354 e. The Morgan fingerprint density at radius 1 is 1.36 bits per heavy atom. The van der Waals surface area contributed by atoms with E-state index in [2.05, 4.69) is 35.6 Å². The molecule has 2 aromatic rings. The third-order valence-electron chi connectivity index (χ3n) is 2.07. The van der Waals surface area contributed by atoms with Crippen molar-refractivity contribution in [2.24, 2.45) is 0 Å². The van der Waals surface area contributed by atoms with Crippen molar-refractivity contribution in [2.75, 3.05) is 5.32 Å². The maximum Gasteiger partial charge on any atom is 0.183 e. The Morgan fingerprint density at radius 3 is 2.79 bits per heavy atom. The fraction of sp³-hybridized carbons (Fsp3) is 0.300. The first kappa shape index (κ1) is 9.68. The summed E-state index contributed by atoms with van der Waals surface area (Å²) in [6.45, 7) is 4.31. The number of nitrogens with one attached hydrogen (secondary N) is 1. The van der Waals surface area contributed by atoms with Crippen LogP contribution in [0, 0.1) is 6.92 Å². The summed E-state index contributed by atoms with van der Waals surface area (Å²) in [6.07, 6.45) is 1.82. The summed E-state index contributed by atoms with van der Waals surface area (Å²) in [4.78, 5) is 5.60. The molecule has 14 heavy (non-hydrogen) atoms. The van der Waals surface area contributed by atoms with Gasteiger partial charge in [-0.15, -0.1) is 22.7 Å². The lowest BCUT2D eigenvalue weighted by atomic mass is 10.2. The highest BCUT2D eigenvalue weighted by atomic mass is 32.1. The van der Waals surface area contributed by atoms with Gasteiger partial charge in [-0.3, -0.25) is 0 Å². The Kier molecular flexibility index (Phi) is 2.84. The molecule has 4 heteroatoms. The molecule has 2 heterocycles. The average molecular weight is 224 g/mol. The van der Waals surface area contributed by atoms with Gasteiger partial charge >= 0.3 is 0 Å². The molecule has 1 atom stereocenters. The van der Waals surface area contributed by atoms with Crippen LogP contribution < -0.4 is 5.32 Å². The lowest BCUT2D eigenvalue weighted by Crippen LogP contribution is -2.05. The molecule has 0 amide bonds. The molecule has 0 aliphatic heterocycles. The van der Waals surface area contributed by atoms with E-state index in [1.807, 2.05) is 11.6 Å². The van der Waals surface area contributed by atoms with E-state index < -0.39 is 0 Å². The summed E-state index contributed by atoms with van der Waals surface area (Å²) in [5.74, 6) is 0. The number of nitrogens with zero attached hydrogens (tertiary/aromatic N) is 1. The van der Waals surface area contributed by atoms with E-state index in [4.69, 9.17) is 0 Å². The molecule has 0 aromatic carbocycles. The molecule has 0 bridgehead atoms. The molecule has 0 spiro atoms. The van der Waals surface area contributed by atoms with Crippen LogP contribution in [-0.2, 0) is 0 Å². The van der Waals surface area contributed by atoms with Crippen LogP contribution in [0.5, 0.6) is 0 Å². The first-order valence-corrected chi connectivity index (χ1v) is 6.23. The predicted octanol–water partition coefficient (Wildman–Crippen LogP) is 3.69. The molecule has 2 aromatic heterocycles. The van der Waals surface area contributed by atoms with Gasteiger partial charge < -0.3 is 5.32 Å². The van der Waals surface area contributed by atoms with Crippen LogP contribution in [-0.4, -0.2) is 4.98 Å². The number of thiophene rings is 1. The van der Waals surface area contributed by atoms with Crippen molar-refractivity contribution in [1.82, 2.24) is 4.98 Å². The minimum atomic E-state index is 0.348. The summed E-state index contributed by atoms with van der Waals surface area (Å²) >= 11 is 3.43. The number of thiazole rings is 1. The van der Waals surface area contributed by atoms with Crippen molar-refractivity contribution in [1.29, 1.82) is 0 Å². The third-order valence-corrected chi connectivity index (χ3v) is 3.97. The van der Waals surface area contributed by atoms with E-state index in [9.17, 15) is 0 Å². The molecule has 0 aliphatic carbocycles. The second-order valence-electron chi connectivity index (χ2n) is 3.17. The summed E-state index contributed by atoms with van der Waals surface area (Å²) in [5.41, 5.74) is 1.35. The molecule has 1 unspecified atom stereocenters. The summed E-state index contributed by atoms with van der Waals surface area (Å²) < 4.78 is 0. The molecule has 0 fully saturated rings. The van der Waals surface area contributed by atoms with Gasteiger partial charge in [0, 0.05) is 16.5 Å². The first-order valence-electron chi connectivity index (χ1n) is 4.47. The molecule has 2 nitrogen and oxygen atoms in total. The molecular weight excluding hydrogens is 212 g/mol. The summed E-state index contributed by atoms with van der Waals surface area (Å²) in [6, 6.07) is 2.50. The highest BCUT2D eigenvalue weighted by molar-refractivity contribution is 7.13. The van der Waals surface area contributed by atoms with Gasteiger partial charge in [0.15, 0.2) is 5.13 Å². The van der Waals surface area contributed by atoms with Gasteiger partial charge in [-0.1, -0.05) is 0 Å². The molecule has 0 saturated carbocycles. The van der Waals surface area contributed by atoms with Gasteiger partial charge in [0.2, 0.25) is 0 Å². The zero-order valence-electron chi connectivity index (χ0n) is 8.15. The fourth-order valence-electron chi connectivity index (χ4n) is 1.37. The fourth-order valence-corrected chi connectivity index (χ4v) is 2.93. The molecule has 74 valence electrons. The van der Waals surface area contributed by atoms with Gasteiger partial charge in [0.1, 0.15) is 0 Å². The SMILES string of the molecule is Cc1ccsc1C(C)Nc1nccs1. The van der Waals surface area contributed by atoms with Crippen molar-refractivity contribution in [3.05, 3.63) is 33.5 Å². The van der Waals surface area contributed by atoms with E-state index >= 15 is 0 Å². The molecule has 0 radical (unpaired) electrons. The van der Waals surface area contributed by atoms with Gasteiger partial charge in [-0.25, -0.2) is 4.98 Å². The molecule has 0 aliphatic rings. The lowest BCUT2D eigenvalue weighted by molar-refractivity contribution is 0.896. The number of aryl methyl sites for hydroxylation is 1. The van der Waals surface area contributed by atoms with Crippen LogP contribution in [0.15, 0.2) is 23.0 Å². The minimum Gasteiger partial charge on any atom is -0.354 e. The predicted molar refractivity (Wildman–Crippen MR) is 63.2 cm³/mol. The topological polar surface area (TPSA) is 24.9 Å². The van der Waals surface area contributed by atoms with E-state index in [0.29, 0.717) is 6.04 Å². The van der Waals surface area contributed by atoms with Gasteiger partial charge in [-0.05, 0) is 30.9 Å². The van der Waals surface area contributed by atoms with Gasteiger partial charge in [0.25, 0.3) is 0 Å². The monoisotopic (exact) mass is 224 g/mol. The molecule has 0 saturated heterocycles. The van der Waals surface area contributed by atoms with Crippen LogP contribution in [0.4, 0.5) is 5.13 Å². The van der Waals surface area contributed by atoms with Crippen molar-refractivity contribution in [2.45, 2.75) is 19.9 Å².